The zero-order chi connectivity index (χ0) is 13.0. The predicted octanol–water partition coefficient (Wildman–Crippen LogP) is 3.28. The molecule has 0 saturated heterocycles. The molecule has 1 aromatic carbocycles. The van der Waals surface area contributed by atoms with E-state index in [1.165, 1.54) is 11.1 Å². The Morgan fingerprint density at radius 1 is 1.41 bits per heavy atom. The highest BCUT2D eigenvalue weighted by Crippen LogP contribution is 2.30. The lowest BCUT2D eigenvalue weighted by Crippen LogP contribution is -2.23. The summed E-state index contributed by atoms with van der Waals surface area (Å²) in [5.41, 5.74) is 8.35. The van der Waals surface area contributed by atoms with Gasteiger partial charge in [0, 0.05) is 5.92 Å². The minimum atomic E-state index is 0.212. The molecule has 2 N–H and O–H groups in total. The van der Waals surface area contributed by atoms with E-state index in [1.807, 2.05) is 6.07 Å². The van der Waals surface area contributed by atoms with Gasteiger partial charge in [0.15, 0.2) is 0 Å². The third kappa shape index (κ3) is 3.19. The molecule has 0 bridgehead atoms. The molecule has 94 valence electrons. The van der Waals surface area contributed by atoms with E-state index in [0.717, 1.165) is 12.2 Å². The lowest BCUT2D eigenvalue weighted by Gasteiger charge is -2.22. The highest BCUT2D eigenvalue weighted by molar-refractivity contribution is 7.80. The van der Waals surface area contributed by atoms with Crippen LogP contribution >= 0.6 is 12.2 Å². The third-order valence-electron chi connectivity index (χ3n) is 3.42. The highest BCUT2D eigenvalue weighted by Gasteiger charge is 2.19. The molecule has 17 heavy (non-hydrogen) atoms. The van der Waals surface area contributed by atoms with E-state index in [0.29, 0.717) is 10.9 Å². The number of ether oxygens (including phenoxy) is 1. The molecule has 1 rings (SSSR count). The molecule has 0 heterocycles. The summed E-state index contributed by atoms with van der Waals surface area (Å²) in [4.78, 5) is 0.579. The lowest BCUT2D eigenvalue weighted by atomic mass is 9.85. The Morgan fingerprint density at radius 2 is 2.06 bits per heavy atom. The fraction of sp³-hybridized carbons (Fsp3) is 0.500. The second-order valence-electron chi connectivity index (χ2n) is 4.40. The minimum Gasteiger partial charge on any atom is -0.497 e. The molecule has 1 aromatic rings. The second kappa shape index (κ2) is 6.01. The summed E-state index contributed by atoms with van der Waals surface area (Å²) in [6.07, 6.45) is 0.987. The maximum Gasteiger partial charge on any atom is 0.119 e. The monoisotopic (exact) mass is 251 g/mol. The van der Waals surface area contributed by atoms with Gasteiger partial charge in [-0.15, -0.1) is 0 Å². The molecule has 2 nitrogen and oxygen atoms in total. The predicted molar refractivity (Wildman–Crippen MR) is 76.7 cm³/mol. The summed E-state index contributed by atoms with van der Waals surface area (Å²) >= 11 is 5.08. The van der Waals surface area contributed by atoms with Gasteiger partial charge in [-0.3, -0.25) is 0 Å². The zero-order valence-corrected chi connectivity index (χ0v) is 11.8. The summed E-state index contributed by atoms with van der Waals surface area (Å²) in [7, 11) is 1.69. The lowest BCUT2D eigenvalue weighted by molar-refractivity contribution is 0.414. The summed E-state index contributed by atoms with van der Waals surface area (Å²) in [5, 5.41) is 0. The van der Waals surface area contributed by atoms with Gasteiger partial charge >= 0.3 is 0 Å². The number of methoxy groups -OCH3 is 1. The number of benzene rings is 1. The Bertz CT molecular complexity index is 403. The normalized spacial score (nSPS) is 14.1. The molecular weight excluding hydrogens is 230 g/mol. The third-order valence-corrected chi connectivity index (χ3v) is 3.79. The average molecular weight is 251 g/mol. The minimum absolute atomic E-state index is 0.212. The number of aryl methyl sites for hydroxylation is 1. The van der Waals surface area contributed by atoms with Crippen LogP contribution in [0.1, 0.15) is 37.8 Å². The number of rotatable bonds is 5. The molecule has 0 aliphatic heterocycles. The van der Waals surface area contributed by atoms with Crippen LogP contribution in [0.3, 0.4) is 0 Å². The molecule has 0 amide bonds. The van der Waals surface area contributed by atoms with E-state index in [2.05, 4.69) is 32.9 Å². The van der Waals surface area contributed by atoms with Crippen LogP contribution < -0.4 is 10.5 Å². The van der Waals surface area contributed by atoms with Crippen molar-refractivity contribution in [3.63, 3.8) is 0 Å². The van der Waals surface area contributed by atoms with Crippen molar-refractivity contribution in [2.24, 2.45) is 11.7 Å². The van der Waals surface area contributed by atoms with Crippen molar-refractivity contribution in [3.05, 3.63) is 29.3 Å². The van der Waals surface area contributed by atoms with E-state index in [9.17, 15) is 0 Å². The molecule has 3 heteroatoms. The first-order chi connectivity index (χ1) is 8.01. The van der Waals surface area contributed by atoms with Crippen molar-refractivity contribution in [2.75, 3.05) is 7.11 Å². The summed E-state index contributed by atoms with van der Waals surface area (Å²) in [6, 6.07) is 6.21. The fourth-order valence-electron chi connectivity index (χ4n) is 1.98. The molecule has 2 atom stereocenters. The Morgan fingerprint density at radius 3 is 2.53 bits per heavy atom. The van der Waals surface area contributed by atoms with Crippen LogP contribution in [0.2, 0.25) is 0 Å². The Labute approximate surface area is 109 Å². The van der Waals surface area contributed by atoms with Gasteiger partial charge in [-0.25, -0.2) is 0 Å². The Kier molecular flexibility index (Phi) is 4.94. The van der Waals surface area contributed by atoms with Crippen LogP contribution in [-0.2, 0) is 6.42 Å². The first-order valence-corrected chi connectivity index (χ1v) is 6.38. The highest BCUT2D eigenvalue weighted by atomic mass is 32.1. The molecule has 0 saturated carbocycles. The molecule has 2 unspecified atom stereocenters. The average Bonchev–Trinajstić information content (AvgIpc) is 2.35. The van der Waals surface area contributed by atoms with Crippen LogP contribution in [0.25, 0.3) is 0 Å². The first-order valence-electron chi connectivity index (χ1n) is 5.97. The topological polar surface area (TPSA) is 35.2 Å². The standard InChI is InChI=1S/C14H21NOS/c1-5-11-8-12(16-4)6-7-13(11)9(2)10(3)14(15)17/h6-10H,5H2,1-4H3,(H2,15,17). The van der Waals surface area contributed by atoms with E-state index >= 15 is 0 Å². The molecule has 0 aliphatic carbocycles. The van der Waals surface area contributed by atoms with E-state index in [-0.39, 0.29) is 5.92 Å². The molecule has 0 aliphatic rings. The maximum absolute atomic E-state index is 5.73. The van der Waals surface area contributed by atoms with E-state index in [4.69, 9.17) is 22.7 Å². The number of thiocarbonyl (C=S) groups is 1. The molecule has 0 aromatic heterocycles. The van der Waals surface area contributed by atoms with Gasteiger partial charge < -0.3 is 10.5 Å². The summed E-state index contributed by atoms with van der Waals surface area (Å²) < 4.78 is 5.25. The van der Waals surface area contributed by atoms with Crippen molar-refractivity contribution >= 4 is 17.2 Å². The maximum atomic E-state index is 5.73. The van der Waals surface area contributed by atoms with Crippen LogP contribution in [0.4, 0.5) is 0 Å². The SMILES string of the molecule is CCc1cc(OC)ccc1C(C)C(C)C(N)=S. The Hall–Kier alpha value is -1.09. The fourth-order valence-corrected chi connectivity index (χ4v) is 2.18. The number of hydrogen-bond donors (Lipinski definition) is 1. The second-order valence-corrected chi connectivity index (χ2v) is 4.87. The van der Waals surface area contributed by atoms with Gasteiger partial charge in [0.2, 0.25) is 0 Å². The smallest absolute Gasteiger partial charge is 0.119 e. The molecular formula is C14H21NOS. The molecule has 0 spiro atoms. The quantitative estimate of drug-likeness (QED) is 0.816. The van der Waals surface area contributed by atoms with Gasteiger partial charge in [0.1, 0.15) is 5.75 Å². The van der Waals surface area contributed by atoms with Crippen LogP contribution in [-0.4, -0.2) is 12.1 Å². The summed E-state index contributed by atoms with van der Waals surface area (Å²) in [6.45, 7) is 6.40. The van der Waals surface area contributed by atoms with Crippen LogP contribution in [0.5, 0.6) is 5.75 Å². The van der Waals surface area contributed by atoms with E-state index < -0.39 is 0 Å². The van der Waals surface area contributed by atoms with Crippen LogP contribution in [0.15, 0.2) is 18.2 Å². The van der Waals surface area contributed by atoms with Crippen molar-refractivity contribution in [1.82, 2.24) is 0 Å². The number of nitrogens with two attached hydrogens (primary N) is 1. The van der Waals surface area contributed by atoms with Gasteiger partial charge in [0.05, 0.1) is 12.1 Å². The van der Waals surface area contributed by atoms with Crippen molar-refractivity contribution in [2.45, 2.75) is 33.1 Å². The molecule has 0 fully saturated rings. The van der Waals surface area contributed by atoms with E-state index in [1.54, 1.807) is 7.11 Å². The van der Waals surface area contributed by atoms with Crippen LogP contribution in [0, 0.1) is 5.92 Å². The van der Waals surface area contributed by atoms with Gasteiger partial charge in [-0.1, -0.05) is 39.1 Å². The van der Waals surface area contributed by atoms with Crippen molar-refractivity contribution in [1.29, 1.82) is 0 Å². The molecule has 0 radical (unpaired) electrons. The largest absolute Gasteiger partial charge is 0.497 e. The number of hydrogen-bond acceptors (Lipinski definition) is 2. The first kappa shape index (κ1) is 14.0. The van der Waals surface area contributed by atoms with Crippen molar-refractivity contribution in [3.8, 4) is 5.75 Å². The van der Waals surface area contributed by atoms with Crippen molar-refractivity contribution < 1.29 is 4.74 Å². The van der Waals surface area contributed by atoms with Gasteiger partial charge in [-0.05, 0) is 35.6 Å². The Balaban J connectivity index is 3.08. The summed E-state index contributed by atoms with van der Waals surface area (Å²) in [5.74, 6) is 1.46. The van der Waals surface area contributed by atoms with Gasteiger partial charge in [0.25, 0.3) is 0 Å². The van der Waals surface area contributed by atoms with Gasteiger partial charge in [-0.2, -0.15) is 0 Å². The zero-order valence-electron chi connectivity index (χ0n) is 11.0.